The van der Waals surface area contributed by atoms with E-state index in [0.29, 0.717) is 5.92 Å². The molecule has 3 nitrogen and oxygen atoms in total. The van der Waals surface area contributed by atoms with Crippen LogP contribution >= 0.6 is 0 Å². The van der Waals surface area contributed by atoms with E-state index in [4.69, 9.17) is 0 Å². The van der Waals surface area contributed by atoms with Crippen LogP contribution in [0.25, 0.3) is 0 Å². The quantitative estimate of drug-likeness (QED) is 0.592. The van der Waals surface area contributed by atoms with Gasteiger partial charge < -0.3 is 4.90 Å². The van der Waals surface area contributed by atoms with Gasteiger partial charge in [0.15, 0.2) is 0 Å². The monoisotopic (exact) mass is 180 g/mol. The molecule has 1 aliphatic rings. The Morgan fingerprint density at radius 2 is 2.31 bits per heavy atom. The van der Waals surface area contributed by atoms with E-state index >= 15 is 0 Å². The molecule has 0 spiro atoms. The summed E-state index contributed by atoms with van der Waals surface area (Å²) in [6.45, 7) is 10.5. The number of carbonyl (C=O) groups is 1. The lowest BCUT2D eigenvalue weighted by atomic mass is 9.95. The van der Waals surface area contributed by atoms with Crippen LogP contribution < -0.4 is 0 Å². The maximum atomic E-state index is 11.1. The zero-order chi connectivity index (χ0) is 9.84. The first kappa shape index (κ1) is 9.96. The summed E-state index contributed by atoms with van der Waals surface area (Å²) in [5.41, 5.74) is 0.811. The van der Waals surface area contributed by atoms with Crippen molar-refractivity contribution in [1.82, 2.24) is 4.90 Å². The highest BCUT2D eigenvalue weighted by Crippen LogP contribution is 2.22. The van der Waals surface area contributed by atoms with E-state index in [1.54, 1.807) is 6.92 Å². The molecule has 1 atom stereocenters. The van der Waals surface area contributed by atoms with Crippen LogP contribution in [-0.4, -0.2) is 30.6 Å². The molecule has 0 aromatic heterocycles. The molecule has 0 aliphatic carbocycles. The van der Waals surface area contributed by atoms with Crippen molar-refractivity contribution in [3.05, 3.63) is 12.3 Å². The molecule has 0 bridgehead atoms. The predicted octanol–water partition coefficient (Wildman–Crippen LogP) is 1.46. The lowest BCUT2D eigenvalue weighted by molar-refractivity contribution is -0.130. The molecule has 1 unspecified atom stereocenters. The number of rotatable bonds is 2. The Morgan fingerprint density at radius 3 is 2.85 bits per heavy atom. The standard InChI is InChI=1S/C10H16N2O/c1-8(11-3)10-5-4-6-12(7-10)9(2)13/h10H,1,3-7H2,2H3. The molecule has 72 valence electrons. The summed E-state index contributed by atoms with van der Waals surface area (Å²) in [6.07, 6.45) is 2.11. The van der Waals surface area contributed by atoms with Crippen LogP contribution in [-0.2, 0) is 4.79 Å². The van der Waals surface area contributed by atoms with Crippen LogP contribution in [0.5, 0.6) is 0 Å². The summed E-state index contributed by atoms with van der Waals surface area (Å²) >= 11 is 0. The van der Waals surface area contributed by atoms with E-state index < -0.39 is 0 Å². The first-order valence-corrected chi connectivity index (χ1v) is 4.56. The van der Waals surface area contributed by atoms with E-state index in [1.807, 2.05) is 4.90 Å². The third-order valence-electron chi connectivity index (χ3n) is 2.54. The first-order valence-electron chi connectivity index (χ1n) is 4.56. The summed E-state index contributed by atoms with van der Waals surface area (Å²) < 4.78 is 0. The van der Waals surface area contributed by atoms with Gasteiger partial charge >= 0.3 is 0 Å². The average molecular weight is 180 g/mol. The molecule has 1 aliphatic heterocycles. The molecule has 0 saturated carbocycles. The molecule has 1 rings (SSSR count). The van der Waals surface area contributed by atoms with Crippen LogP contribution in [0.4, 0.5) is 0 Å². The molecule has 0 aromatic carbocycles. The van der Waals surface area contributed by atoms with Crippen molar-refractivity contribution in [2.45, 2.75) is 19.8 Å². The van der Waals surface area contributed by atoms with Crippen molar-refractivity contribution in [3.63, 3.8) is 0 Å². The largest absolute Gasteiger partial charge is 0.342 e. The Morgan fingerprint density at radius 1 is 1.62 bits per heavy atom. The number of carbonyl (C=O) groups excluding carboxylic acids is 1. The van der Waals surface area contributed by atoms with E-state index in [9.17, 15) is 4.79 Å². The van der Waals surface area contributed by atoms with E-state index in [2.05, 4.69) is 18.3 Å². The van der Waals surface area contributed by atoms with E-state index in [0.717, 1.165) is 31.6 Å². The van der Waals surface area contributed by atoms with Gasteiger partial charge in [-0.1, -0.05) is 6.58 Å². The van der Waals surface area contributed by atoms with Gasteiger partial charge in [0.05, 0.1) is 0 Å². The highest BCUT2D eigenvalue weighted by Gasteiger charge is 2.22. The fourth-order valence-corrected chi connectivity index (χ4v) is 1.66. The van der Waals surface area contributed by atoms with Crippen LogP contribution in [0.2, 0.25) is 0 Å². The summed E-state index contributed by atoms with van der Waals surface area (Å²) in [7, 11) is 0. The molecular weight excluding hydrogens is 164 g/mol. The van der Waals surface area contributed by atoms with Crippen molar-refractivity contribution in [1.29, 1.82) is 0 Å². The normalized spacial score (nSPS) is 22.5. The number of hydrogen-bond donors (Lipinski definition) is 0. The minimum Gasteiger partial charge on any atom is -0.342 e. The van der Waals surface area contributed by atoms with Crippen molar-refractivity contribution in [3.8, 4) is 0 Å². The molecule has 0 radical (unpaired) electrons. The lowest BCUT2D eigenvalue weighted by Crippen LogP contribution is -2.38. The summed E-state index contributed by atoms with van der Waals surface area (Å²) in [5, 5.41) is 0. The van der Waals surface area contributed by atoms with E-state index in [1.165, 1.54) is 0 Å². The molecule has 1 amide bonds. The molecule has 3 heteroatoms. The molecule has 1 heterocycles. The molecule has 0 N–H and O–H groups in total. The molecule has 1 fully saturated rings. The number of nitrogens with zero attached hydrogens (tertiary/aromatic N) is 2. The van der Waals surface area contributed by atoms with Gasteiger partial charge in [0.1, 0.15) is 0 Å². The second-order valence-corrected chi connectivity index (χ2v) is 3.45. The number of amides is 1. The Hall–Kier alpha value is -1.12. The second kappa shape index (κ2) is 4.21. The smallest absolute Gasteiger partial charge is 0.219 e. The van der Waals surface area contributed by atoms with Crippen LogP contribution in [0.1, 0.15) is 19.8 Å². The van der Waals surface area contributed by atoms with Crippen molar-refractivity contribution in [2.24, 2.45) is 10.9 Å². The van der Waals surface area contributed by atoms with Gasteiger partial charge in [0, 0.05) is 31.6 Å². The maximum Gasteiger partial charge on any atom is 0.219 e. The topological polar surface area (TPSA) is 32.7 Å². The molecule has 0 aromatic rings. The Labute approximate surface area is 79.1 Å². The van der Waals surface area contributed by atoms with Crippen LogP contribution in [0.15, 0.2) is 17.3 Å². The number of piperidine rings is 1. The molecule has 1 saturated heterocycles. The van der Waals surface area contributed by atoms with Gasteiger partial charge in [-0.05, 0) is 19.6 Å². The van der Waals surface area contributed by atoms with Gasteiger partial charge in [0.25, 0.3) is 0 Å². The zero-order valence-electron chi connectivity index (χ0n) is 8.12. The van der Waals surface area contributed by atoms with Crippen molar-refractivity contribution in [2.75, 3.05) is 13.1 Å². The van der Waals surface area contributed by atoms with Gasteiger partial charge in [-0.15, -0.1) is 0 Å². The zero-order valence-corrected chi connectivity index (χ0v) is 8.12. The Kier molecular flexibility index (Phi) is 3.23. The number of aliphatic imine (C=N–C) groups is 1. The minimum absolute atomic E-state index is 0.140. The summed E-state index contributed by atoms with van der Waals surface area (Å²) in [6, 6.07) is 0. The van der Waals surface area contributed by atoms with Gasteiger partial charge in [-0.2, -0.15) is 0 Å². The van der Waals surface area contributed by atoms with Crippen LogP contribution in [0, 0.1) is 5.92 Å². The molecule has 13 heavy (non-hydrogen) atoms. The SMILES string of the molecule is C=NC(=C)C1CCCN(C(C)=O)C1. The second-order valence-electron chi connectivity index (χ2n) is 3.45. The minimum atomic E-state index is 0.140. The van der Waals surface area contributed by atoms with Gasteiger partial charge in [-0.3, -0.25) is 9.79 Å². The van der Waals surface area contributed by atoms with Gasteiger partial charge in [-0.25, -0.2) is 0 Å². The van der Waals surface area contributed by atoms with Gasteiger partial charge in [0.2, 0.25) is 5.91 Å². The van der Waals surface area contributed by atoms with Crippen LogP contribution in [0.3, 0.4) is 0 Å². The Balaban J connectivity index is 2.56. The highest BCUT2D eigenvalue weighted by molar-refractivity contribution is 5.73. The first-order chi connectivity index (χ1) is 6.15. The fourth-order valence-electron chi connectivity index (χ4n) is 1.66. The van der Waals surface area contributed by atoms with E-state index in [-0.39, 0.29) is 5.91 Å². The average Bonchev–Trinajstić information content (AvgIpc) is 2.17. The third-order valence-corrected chi connectivity index (χ3v) is 2.54. The third kappa shape index (κ3) is 2.41. The van der Waals surface area contributed by atoms with Crippen molar-refractivity contribution < 1.29 is 4.79 Å². The molecular formula is C10H16N2O. The van der Waals surface area contributed by atoms with Crippen molar-refractivity contribution >= 4 is 12.6 Å². The number of hydrogen-bond acceptors (Lipinski definition) is 2. The highest BCUT2D eigenvalue weighted by atomic mass is 16.2. The summed E-state index contributed by atoms with van der Waals surface area (Å²) in [4.78, 5) is 16.8. The predicted molar refractivity (Wildman–Crippen MR) is 53.7 cm³/mol. The maximum absolute atomic E-state index is 11.1. The summed E-state index contributed by atoms with van der Waals surface area (Å²) in [5.74, 6) is 0.455. The lowest BCUT2D eigenvalue weighted by Gasteiger charge is -2.31. The number of likely N-dealkylation sites (tertiary alicyclic amines) is 1. The Bertz CT molecular complexity index is 235. The fraction of sp³-hybridized carbons (Fsp3) is 0.600.